The highest BCUT2D eigenvalue weighted by Crippen LogP contribution is 2.34. The van der Waals surface area contributed by atoms with E-state index < -0.39 is 21.0 Å². The number of sulfonamides is 1. The normalized spacial score (nSPS) is 13.6. The molecule has 0 aromatic heterocycles. The highest BCUT2D eigenvalue weighted by atomic mass is 32.3. The molecule has 0 heterocycles. The summed E-state index contributed by atoms with van der Waals surface area (Å²) in [7, 11) is -5.55. The van der Waals surface area contributed by atoms with Gasteiger partial charge in [-0.15, -0.1) is 4.13 Å². The molecule has 0 fully saturated rings. The summed E-state index contributed by atoms with van der Waals surface area (Å²) in [6.07, 6.45) is 0. The molecule has 0 aliphatic carbocycles. The predicted molar refractivity (Wildman–Crippen MR) is 104 cm³/mol. The Hall–Kier alpha value is -1.57. The van der Waals surface area contributed by atoms with Crippen molar-refractivity contribution in [3.05, 3.63) is 53.3 Å². The molecule has 0 spiro atoms. The molecule has 0 aliphatic heterocycles. The molecule has 2 rings (SSSR count). The molecule has 1 unspecified atom stereocenters. The van der Waals surface area contributed by atoms with Gasteiger partial charge in [-0.1, -0.05) is 45.0 Å². The first kappa shape index (κ1) is 20.7. The van der Waals surface area contributed by atoms with E-state index in [1.807, 2.05) is 27.7 Å². The second kappa shape index (κ2) is 7.58. The topological polar surface area (TPSA) is 63.2 Å². The summed E-state index contributed by atoms with van der Waals surface area (Å²) in [6.45, 7) is 9.11. The van der Waals surface area contributed by atoms with Crippen LogP contribution in [0.25, 0.3) is 11.1 Å². The molecule has 26 heavy (non-hydrogen) atoms. The number of benzene rings is 2. The fraction of sp³-hybridized carbons (Fsp3) is 0.368. The fourth-order valence-corrected chi connectivity index (χ4v) is 4.74. The molecule has 2 aromatic rings. The van der Waals surface area contributed by atoms with E-state index in [9.17, 15) is 12.6 Å². The minimum absolute atomic E-state index is 0.167. The van der Waals surface area contributed by atoms with Gasteiger partial charge in [0.1, 0.15) is 16.8 Å². The Bertz CT molecular complexity index is 948. The van der Waals surface area contributed by atoms with Crippen LogP contribution in [0, 0.1) is 12.7 Å². The van der Waals surface area contributed by atoms with E-state index in [1.165, 1.54) is 6.92 Å². The number of hydrogen-bond acceptors (Lipinski definition) is 3. The molecule has 0 saturated carbocycles. The lowest BCUT2D eigenvalue weighted by molar-refractivity contribution is 0.525. The van der Waals surface area contributed by atoms with Crippen LogP contribution in [0.1, 0.15) is 38.8 Å². The van der Waals surface area contributed by atoms with Gasteiger partial charge in [-0.05, 0) is 48.1 Å². The Morgan fingerprint density at radius 1 is 1.12 bits per heavy atom. The van der Waals surface area contributed by atoms with E-state index in [-0.39, 0.29) is 21.9 Å². The van der Waals surface area contributed by atoms with Crippen molar-refractivity contribution in [1.29, 1.82) is 0 Å². The third-order valence-corrected chi connectivity index (χ3v) is 7.17. The summed E-state index contributed by atoms with van der Waals surface area (Å²) in [5, 5.41) is 0. The molecule has 7 heteroatoms. The first-order chi connectivity index (χ1) is 12.0. The molecule has 0 bridgehead atoms. The second-order valence-corrected chi connectivity index (χ2v) is 10.6. The maximum absolute atomic E-state index is 15.1. The Morgan fingerprint density at radius 2 is 1.77 bits per heavy atom. The van der Waals surface area contributed by atoms with Crippen molar-refractivity contribution >= 4 is 21.0 Å². The molecular weight excluding hydrogens is 373 g/mol. The summed E-state index contributed by atoms with van der Waals surface area (Å²) >= 11 is 0. The van der Waals surface area contributed by atoms with Crippen LogP contribution < -0.4 is 4.13 Å². The standard InChI is InChI=1S/C19H24FNO3S2/c1-6-26(23,24)21-25(22)14-11-10-13(2)16(12-14)15-8-7-9-17(18(15)20)19(3,4)5/h7-12,21H,6H2,1-5H3. The number of hydrogen-bond donors (Lipinski definition) is 1. The Kier molecular flexibility index (Phi) is 6.05. The van der Waals surface area contributed by atoms with Crippen molar-refractivity contribution in [3.8, 4) is 11.1 Å². The smallest absolute Gasteiger partial charge is 0.222 e. The van der Waals surface area contributed by atoms with Gasteiger partial charge in [0.15, 0.2) is 0 Å². The van der Waals surface area contributed by atoms with Gasteiger partial charge < -0.3 is 0 Å². The van der Waals surface area contributed by atoms with Crippen LogP contribution in [0.3, 0.4) is 0 Å². The van der Waals surface area contributed by atoms with E-state index in [0.717, 1.165) is 5.56 Å². The van der Waals surface area contributed by atoms with Gasteiger partial charge in [0.25, 0.3) is 0 Å². The highest BCUT2D eigenvalue weighted by Gasteiger charge is 2.22. The van der Waals surface area contributed by atoms with Crippen molar-refractivity contribution < 1.29 is 17.0 Å². The van der Waals surface area contributed by atoms with Crippen molar-refractivity contribution in [3.63, 3.8) is 0 Å². The Balaban J connectivity index is 2.54. The molecule has 0 radical (unpaired) electrons. The molecule has 1 atom stereocenters. The zero-order valence-corrected chi connectivity index (χ0v) is 17.2. The number of halogens is 1. The van der Waals surface area contributed by atoms with E-state index >= 15 is 4.39 Å². The Morgan fingerprint density at radius 3 is 2.35 bits per heavy atom. The minimum Gasteiger partial charge on any atom is -0.237 e. The molecule has 1 N–H and O–H groups in total. The van der Waals surface area contributed by atoms with Gasteiger partial charge in [0.05, 0.1) is 10.6 Å². The molecule has 4 nitrogen and oxygen atoms in total. The fourth-order valence-electron chi connectivity index (χ4n) is 2.55. The zero-order valence-electron chi connectivity index (χ0n) is 15.6. The van der Waals surface area contributed by atoms with E-state index in [2.05, 4.69) is 4.13 Å². The molecule has 2 aromatic carbocycles. The van der Waals surface area contributed by atoms with Crippen molar-refractivity contribution in [1.82, 2.24) is 4.13 Å². The lowest BCUT2D eigenvalue weighted by atomic mass is 9.84. The minimum atomic E-state index is -3.61. The largest absolute Gasteiger partial charge is 0.237 e. The van der Waals surface area contributed by atoms with E-state index in [4.69, 9.17) is 0 Å². The van der Waals surface area contributed by atoms with Crippen LogP contribution in [-0.2, 0) is 26.4 Å². The lowest BCUT2D eigenvalue weighted by Crippen LogP contribution is -2.27. The van der Waals surface area contributed by atoms with Gasteiger partial charge in [-0.3, -0.25) is 0 Å². The quantitative estimate of drug-likeness (QED) is 0.827. The van der Waals surface area contributed by atoms with Crippen molar-refractivity contribution in [2.24, 2.45) is 0 Å². The van der Waals surface area contributed by atoms with Gasteiger partial charge in [0, 0.05) is 5.56 Å². The molecule has 0 aliphatic rings. The summed E-state index contributed by atoms with van der Waals surface area (Å²) in [5.74, 6) is -0.486. The van der Waals surface area contributed by atoms with Crippen LogP contribution in [0.5, 0.6) is 0 Å². The molecule has 0 saturated heterocycles. The molecular formula is C19H24FNO3S2. The molecule has 142 valence electrons. The van der Waals surface area contributed by atoms with Crippen molar-refractivity contribution in [2.75, 3.05) is 5.75 Å². The van der Waals surface area contributed by atoms with Gasteiger partial charge in [-0.25, -0.2) is 17.0 Å². The van der Waals surface area contributed by atoms with E-state index in [0.29, 0.717) is 16.7 Å². The summed E-state index contributed by atoms with van der Waals surface area (Å²) in [6, 6.07) is 10.1. The van der Waals surface area contributed by atoms with Crippen LogP contribution in [0.4, 0.5) is 4.39 Å². The van der Waals surface area contributed by atoms with Gasteiger partial charge in [0.2, 0.25) is 10.0 Å². The average Bonchev–Trinajstić information content (AvgIpc) is 2.54. The third-order valence-electron chi connectivity index (χ3n) is 4.10. The summed E-state index contributed by atoms with van der Waals surface area (Å²) in [4.78, 5) is 0.281. The maximum atomic E-state index is 15.1. The van der Waals surface area contributed by atoms with E-state index in [1.54, 1.807) is 36.4 Å². The second-order valence-electron chi connectivity index (χ2n) is 7.15. The van der Waals surface area contributed by atoms with Gasteiger partial charge in [-0.2, -0.15) is 0 Å². The SMILES string of the molecule is CCS(=O)(=O)NS(=O)c1ccc(C)c(-c2cccc(C(C)(C)C)c2F)c1. The Labute approximate surface area is 157 Å². The number of rotatable bonds is 5. The van der Waals surface area contributed by atoms with Crippen LogP contribution in [-0.4, -0.2) is 18.4 Å². The summed E-state index contributed by atoms with van der Waals surface area (Å²) in [5.41, 5.74) is 2.05. The average molecular weight is 398 g/mol. The third kappa shape index (κ3) is 4.58. The predicted octanol–water partition coefficient (Wildman–Crippen LogP) is 4.06. The van der Waals surface area contributed by atoms with Crippen molar-refractivity contribution in [2.45, 2.75) is 44.9 Å². The highest BCUT2D eigenvalue weighted by molar-refractivity contribution is 8.01. The first-order valence-electron chi connectivity index (χ1n) is 8.28. The van der Waals surface area contributed by atoms with Crippen LogP contribution in [0.2, 0.25) is 0 Å². The van der Waals surface area contributed by atoms with Gasteiger partial charge >= 0.3 is 0 Å². The maximum Gasteiger partial charge on any atom is 0.222 e. The lowest BCUT2D eigenvalue weighted by Gasteiger charge is -2.21. The zero-order chi connectivity index (χ0) is 19.7. The number of nitrogens with one attached hydrogen (secondary N) is 1. The van der Waals surface area contributed by atoms with Crippen LogP contribution >= 0.6 is 0 Å². The van der Waals surface area contributed by atoms with Crippen LogP contribution in [0.15, 0.2) is 41.3 Å². The first-order valence-corrected chi connectivity index (χ1v) is 11.1. The number of aryl methyl sites for hydroxylation is 1. The molecule has 0 amide bonds. The summed E-state index contributed by atoms with van der Waals surface area (Å²) < 4.78 is 52.9. The monoisotopic (exact) mass is 397 g/mol.